The maximum atomic E-state index is 4.25. The van der Waals surface area contributed by atoms with E-state index in [1.807, 2.05) is 17.1 Å². The predicted octanol–water partition coefficient (Wildman–Crippen LogP) is 2.04. The van der Waals surface area contributed by atoms with Crippen molar-refractivity contribution in [3.8, 4) is 0 Å². The van der Waals surface area contributed by atoms with Gasteiger partial charge >= 0.3 is 0 Å². The maximum absolute atomic E-state index is 4.25. The van der Waals surface area contributed by atoms with E-state index in [2.05, 4.69) is 26.3 Å². The number of aryl methyl sites for hydroxylation is 1. The first-order chi connectivity index (χ1) is 6.84. The summed E-state index contributed by atoms with van der Waals surface area (Å²) in [6.07, 6.45) is 7.80. The topological polar surface area (TPSA) is 29.9 Å². The molecule has 1 N–H and O–H groups in total. The molecule has 2 rings (SSSR count). The highest BCUT2D eigenvalue weighted by atomic mass is 79.9. The smallest absolute Gasteiger partial charge is 0.0632 e. The quantitative estimate of drug-likeness (QED) is 0.899. The molecule has 1 fully saturated rings. The van der Waals surface area contributed by atoms with Gasteiger partial charge < -0.3 is 5.32 Å². The van der Waals surface area contributed by atoms with Crippen LogP contribution in [0.3, 0.4) is 0 Å². The first-order valence-electron chi connectivity index (χ1n) is 5.23. The van der Waals surface area contributed by atoms with Crippen molar-refractivity contribution in [3.05, 3.63) is 16.9 Å². The van der Waals surface area contributed by atoms with Crippen LogP contribution in [0.5, 0.6) is 0 Å². The molecule has 0 bridgehead atoms. The van der Waals surface area contributed by atoms with Gasteiger partial charge in [-0.25, -0.2) is 0 Å². The van der Waals surface area contributed by atoms with Gasteiger partial charge in [-0.05, 0) is 54.2 Å². The van der Waals surface area contributed by atoms with Crippen LogP contribution < -0.4 is 5.32 Å². The average molecular weight is 258 g/mol. The Morgan fingerprint density at radius 3 is 2.93 bits per heavy atom. The fraction of sp³-hybridized carbons (Fsp3) is 0.700. The van der Waals surface area contributed by atoms with Crippen LogP contribution in [0.2, 0.25) is 0 Å². The number of aromatic nitrogens is 2. The van der Waals surface area contributed by atoms with Gasteiger partial charge in [0.1, 0.15) is 0 Å². The molecule has 1 aromatic heterocycles. The fourth-order valence-electron chi connectivity index (χ4n) is 1.95. The molecule has 0 saturated carbocycles. The van der Waals surface area contributed by atoms with E-state index in [1.54, 1.807) is 0 Å². The van der Waals surface area contributed by atoms with Crippen LogP contribution in [0.1, 0.15) is 19.3 Å². The fourth-order valence-corrected chi connectivity index (χ4v) is 2.27. The molecule has 0 aromatic carbocycles. The van der Waals surface area contributed by atoms with Crippen LogP contribution in [0, 0.1) is 5.92 Å². The lowest BCUT2D eigenvalue weighted by atomic mass is 9.95. The monoisotopic (exact) mass is 257 g/mol. The minimum atomic E-state index is 0.888. The Morgan fingerprint density at radius 1 is 1.50 bits per heavy atom. The summed E-state index contributed by atoms with van der Waals surface area (Å²) in [5, 5.41) is 7.64. The summed E-state index contributed by atoms with van der Waals surface area (Å²) in [5.41, 5.74) is 0. The minimum absolute atomic E-state index is 0.888. The van der Waals surface area contributed by atoms with Gasteiger partial charge in [-0.2, -0.15) is 5.10 Å². The van der Waals surface area contributed by atoms with E-state index in [9.17, 15) is 0 Å². The van der Waals surface area contributed by atoms with Crippen LogP contribution in [0.15, 0.2) is 16.9 Å². The first-order valence-corrected chi connectivity index (χ1v) is 6.02. The molecular formula is C10H16BrN3. The van der Waals surface area contributed by atoms with Crippen molar-refractivity contribution in [1.82, 2.24) is 15.1 Å². The van der Waals surface area contributed by atoms with Crippen molar-refractivity contribution >= 4 is 15.9 Å². The van der Waals surface area contributed by atoms with Crippen molar-refractivity contribution in [2.75, 3.05) is 13.1 Å². The van der Waals surface area contributed by atoms with E-state index in [1.165, 1.54) is 32.4 Å². The average Bonchev–Trinajstić information content (AvgIpc) is 2.63. The summed E-state index contributed by atoms with van der Waals surface area (Å²) in [4.78, 5) is 0. The molecule has 0 radical (unpaired) electrons. The molecular weight excluding hydrogens is 242 g/mol. The number of nitrogens with zero attached hydrogens (tertiary/aromatic N) is 2. The molecule has 0 amide bonds. The molecule has 0 atom stereocenters. The van der Waals surface area contributed by atoms with Crippen LogP contribution in [-0.2, 0) is 6.54 Å². The Bertz CT molecular complexity index is 279. The van der Waals surface area contributed by atoms with Crippen molar-refractivity contribution in [2.45, 2.75) is 25.8 Å². The Balaban J connectivity index is 1.76. The highest BCUT2D eigenvalue weighted by Crippen LogP contribution is 2.17. The van der Waals surface area contributed by atoms with E-state index in [-0.39, 0.29) is 0 Å². The van der Waals surface area contributed by atoms with Gasteiger partial charge in [0.15, 0.2) is 0 Å². The van der Waals surface area contributed by atoms with E-state index in [4.69, 9.17) is 0 Å². The van der Waals surface area contributed by atoms with Gasteiger partial charge in [0.25, 0.3) is 0 Å². The van der Waals surface area contributed by atoms with E-state index in [0.717, 1.165) is 16.9 Å². The molecule has 2 heterocycles. The summed E-state index contributed by atoms with van der Waals surface area (Å²) in [5.74, 6) is 0.888. The van der Waals surface area contributed by atoms with Crippen LogP contribution >= 0.6 is 15.9 Å². The Hall–Kier alpha value is -0.350. The molecule has 4 heteroatoms. The van der Waals surface area contributed by atoms with Crippen LogP contribution in [0.4, 0.5) is 0 Å². The number of nitrogens with one attached hydrogen (secondary N) is 1. The normalized spacial score (nSPS) is 18.6. The Labute approximate surface area is 93.0 Å². The van der Waals surface area contributed by atoms with Gasteiger partial charge in [0, 0.05) is 12.7 Å². The standard InChI is InChI=1S/C10H16BrN3/c11-10-7-13-14(8-10)6-3-9-1-4-12-5-2-9/h7-9,12H,1-6H2. The highest BCUT2D eigenvalue weighted by Gasteiger charge is 2.12. The molecule has 14 heavy (non-hydrogen) atoms. The lowest BCUT2D eigenvalue weighted by molar-refractivity contribution is 0.332. The zero-order valence-electron chi connectivity index (χ0n) is 8.25. The summed E-state index contributed by atoms with van der Waals surface area (Å²) < 4.78 is 3.09. The Kier molecular flexibility index (Phi) is 3.59. The van der Waals surface area contributed by atoms with Crippen molar-refractivity contribution in [2.24, 2.45) is 5.92 Å². The molecule has 1 aromatic rings. The number of hydrogen-bond donors (Lipinski definition) is 1. The molecule has 0 spiro atoms. The van der Waals surface area contributed by atoms with Crippen molar-refractivity contribution in [3.63, 3.8) is 0 Å². The molecule has 3 nitrogen and oxygen atoms in total. The largest absolute Gasteiger partial charge is 0.317 e. The van der Waals surface area contributed by atoms with Gasteiger partial charge in [-0.15, -0.1) is 0 Å². The van der Waals surface area contributed by atoms with E-state index >= 15 is 0 Å². The molecule has 0 unspecified atom stereocenters. The lowest BCUT2D eigenvalue weighted by Gasteiger charge is -2.22. The minimum Gasteiger partial charge on any atom is -0.317 e. The van der Waals surface area contributed by atoms with E-state index in [0.29, 0.717) is 0 Å². The third-order valence-corrected chi connectivity index (χ3v) is 3.24. The molecule has 0 aliphatic carbocycles. The summed E-state index contributed by atoms with van der Waals surface area (Å²) in [7, 11) is 0. The van der Waals surface area contributed by atoms with Gasteiger partial charge in [0.2, 0.25) is 0 Å². The maximum Gasteiger partial charge on any atom is 0.0632 e. The summed E-state index contributed by atoms with van der Waals surface area (Å²) >= 11 is 3.40. The SMILES string of the molecule is Brc1cnn(CCC2CCNCC2)c1. The van der Waals surface area contributed by atoms with E-state index < -0.39 is 0 Å². The second-order valence-corrected chi connectivity index (χ2v) is 4.82. The van der Waals surface area contributed by atoms with Gasteiger partial charge in [-0.1, -0.05) is 0 Å². The Morgan fingerprint density at radius 2 is 2.29 bits per heavy atom. The number of piperidine rings is 1. The van der Waals surface area contributed by atoms with Gasteiger partial charge in [-0.3, -0.25) is 4.68 Å². The number of halogens is 1. The summed E-state index contributed by atoms with van der Waals surface area (Å²) in [6, 6.07) is 0. The third-order valence-electron chi connectivity index (χ3n) is 2.83. The molecule has 1 aliphatic heterocycles. The number of hydrogen-bond acceptors (Lipinski definition) is 2. The third kappa shape index (κ3) is 2.82. The van der Waals surface area contributed by atoms with Crippen LogP contribution in [-0.4, -0.2) is 22.9 Å². The lowest BCUT2D eigenvalue weighted by Crippen LogP contribution is -2.28. The molecule has 78 valence electrons. The second kappa shape index (κ2) is 4.94. The highest BCUT2D eigenvalue weighted by molar-refractivity contribution is 9.10. The van der Waals surface area contributed by atoms with Crippen LogP contribution in [0.25, 0.3) is 0 Å². The zero-order chi connectivity index (χ0) is 9.80. The second-order valence-electron chi connectivity index (χ2n) is 3.90. The van der Waals surface area contributed by atoms with Crippen molar-refractivity contribution in [1.29, 1.82) is 0 Å². The number of rotatable bonds is 3. The van der Waals surface area contributed by atoms with Crippen molar-refractivity contribution < 1.29 is 0 Å². The first kappa shape index (κ1) is 10.2. The molecule has 1 aliphatic rings. The molecule has 1 saturated heterocycles. The summed E-state index contributed by atoms with van der Waals surface area (Å²) in [6.45, 7) is 3.43. The zero-order valence-corrected chi connectivity index (χ0v) is 9.83. The van der Waals surface area contributed by atoms with Gasteiger partial charge in [0.05, 0.1) is 10.7 Å². The predicted molar refractivity (Wildman–Crippen MR) is 60.1 cm³/mol.